The van der Waals surface area contributed by atoms with Crippen LogP contribution in [0.2, 0.25) is 0 Å². The van der Waals surface area contributed by atoms with Crippen molar-refractivity contribution in [2.75, 3.05) is 20.2 Å². The minimum Gasteiger partial charge on any atom is -0.497 e. The highest BCUT2D eigenvalue weighted by Gasteiger charge is 2.29. The van der Waals surface area contributed by atoms with Crippen molar-refractivity contribution in [2.24, 2.45) is 0 Å². The van der Waals surface area contributed by atoms with Gasteiger partial charge in [-0.15, -0.1) is 0 Å². The number of rotatable bonds is 5. The second kappa shape index (κ2) is 8.43. The highest BCUT2D eigenvalue weighted by atomic mass is 16.5. The lowest BCUT2D eigenvalue weighted by Gasteiger charge is -2.31. The molecule has 1 saturated heterocycles. The molecular weight excluding hydrogens is 368 g/mol. The van der Waals surface area contributed by atoms with E-state index in [1.54, 1.807) is 25.7 Å². The molecule has 1 amide bonds. The van der Waals surface area contributed by atoms with Gasteiger partial charge >= 0.3 is 0 Å². The number of methoxy groups -OCH3 is 1. The van der Waals surface area contributed by atoms with Crippen LogP contribution in [0.1, 0.15) is 52.2 Å². The number of hydrogen-bond donors (Lipinski definition) is 0. The summed E-state index contributed by atoms with van der Waals surface area (Å²) < 4.78 is 11.2. The van der Waals surface area contributed by atoms with Gasteiger partial charge in [0.05, 0.1) is 31.1 Å². The number of nitrogens with zero attached hydrogens (tertiary/aromatic N) is 4. The molecule has 1 aliphatic heterocycles. The molecule has 1 aromatic carbocycles. The maximum Gasteiger partial charge on any atom is 0.274 e. The van der Waals surface area contributed by atoms with Crippen molar-refractivity contribution < 1.29 is 13.9 Å². The summed E-state index contributed by atoms with van der Waals surface area (Å²) in [4.78, 5) is 27.4. The Labute approximate surface area is 169 Å². The first-order valence-corrected chi connectivity index (χ1v) is 9.78. The van der Waals surface area contributed by atoms with E-state index in [9.17, 15) is 4.79 Å². The molecule has 0 spiro atoms. The molecule has 0 bridgehead atoms. The van der Waals surface area contributed by atoms with E-state index >= 15 is 0 Å². The summed E-state index contributed by atoms with van der Waals surface area (Å²) in [6.45, 7) is 3.14. The Morgan fingerprint density at radius 1 is 1.17 bits per heavy atom. The quantitative estimate of drug-likeness (QED) is 0.662. The number of carbonyl (C=O) groups excluding carboxylic acids is 1. The molecule has 2 aromatic heterocycles. The Bertz CT molecular complexity index is 966. The summed E-state index contributed by atoms with van der Waals surface area (Å²) in [6.07, 6.45) is 7.47. The zero-order valence-corrected chi connectivity index (χ0v) is 16.7. The molecule has 1 fully saturated rings. The molecule has 4 rings (SSSR count). The summed E-state index contributed by atoms with van der Waals surface area (Å²) in [5.74, 6) is 2.35. The number of ether oxygens (including phenoxy) is 1. The molecule has 0 N–H and O–H groups in total. The van der Waals surface area contributed by atoms with Gasteiger partial charge in [-0.2, -0.15) is 0 Å². The number of hydrogen-bond acceptors (Lipinski definition) is 6. The van der Waals surface area contributed by atoms with Crippen LogP contribution in [0.4, 0.5) is 0 Å². The Hall–Kier alpha value is -3.22. The van der Waals surface area contributed by atoms with Gasteiger partial charge < -0.3 is 14.1 Å². The molecule has 1 aliphatic rings. The molecule has 3 heterocycles. The second-order valence-electron chi connectivity index (χ2n) is 7.32. The van der Waals surface area contributed by atoms with E-state index in [-0.39, 0.29) is 11.8 Å². The first-order chi connectivity index (χ1) is 14.1. The first-order valence-electron chi connectivity index (χ1n) is 9.78. The van der Waals surface area contributed by atoms with Crippen molar-refractivity contribution in [1.82, 2.24) is 19.9 Å². The smallest absolute Gasteiger partial charge is 0.274 e. The lowest BCUT2D eigenvalue weighted by molar-refractivity contribution is 0.0691. The SMILES string of the molecule is COc1ccc(Cc2cnc(C3CCCN(C(=O)c4cnc(C)cn4)C3)o2)cc1. The molecule has 1 atom stereocenters. The van der Waals surface area contributed by atoms with Crippen LogP contribution in [0.3, 0.4) is 0 Å². The van der Waals surface area contributed by atoms with Gasteiger partial charge in [0, 0.05) is 25.7 Å². The van der Waals surface area contributed by atoms with E-state index in [1.165, 1.54) is 0 Å². The number of oxazole rings is 1. The van der Waals surface area contributed by atoms with Crippen molar-refractivity contribution in [1.29, 1.82) is 0 Å². The zero-order valence-electron chi connectivity index (χ0n) is 16.7. The van der Waals surface area contributed by atoms with Crippen molar-refractivity contribution in [2.45, 2.75) is 32.1 Å². The van der Waals surface area contributed by atoms with Gasteiger partial charge in [0.25, 0.3) is 5.91 Å². The summed E-state index contributed by atoms with van der Waals surface area (Å²) >= 11 is 0. The summed E-state index contributed by atoms with van der Waals surface area (Å²) in [5, 5.41) is 0. The molecule has 0 radical (unpaired) electrons. The molecule has 7 heteroatoms. The van der Waals surface area contributed by atoms with E-state index in [0.29, 0.717) is 31.1 Å². The number of piperidine rings is 1. The van der Waals surface area contributed by atoms with Crippen molar-refractivity contribution >= 4 is 5.91 Å². The van der Waals surface area contributed by atoms with Crippen LogP contribution in [0.15, 0.2) is 47.3 Å². The molecule has 3 aromatic rings. The van der Waals surface area contributed by atoms with Crippen molar-refractivity contribution in [3.05, 3.63) is 71.5 Å². The number of likely N-dealkylation sites (tertiary alicyclic amines) is 1. The highest BCUT2D eigenvalue weighted by molar-refractivity contribution is 5.92. The van der Waals surface area contributed by atoms with Crippen LogP contribution in [0.5, 0.6) is 5.75 Å². The third kappa shape index (κ3) is 4.45. The minimum atomic E-state index is -0.0905. The number of carbonyl (C=O) groups is 1. The van der Waals surface area contributed by atoms with E-state index in [1.807, 2.05) is 36.1 Å². The standard InChI is InChI=1S/C22H24N4O3/c1-15-11-24-20(13-23-15)22(27)26-9-3-4-17(14-26)21-25-12-19(29-21)10-16-5-7-18(28-2)8-6-16/h5-8,11-13,17H,3-4,9-10,14H2,1-2H3. The fourth-order valence-corrected chi connectivity index (χ4v) is 3.57. The van der Waals surface area contributed by atoms with Gasteiger partial charge in [-0.3, -0.25) is 9.78 Å². The largest absolute Gasteiger partial charge is 0.497 e. The third-order valence-electron chi connectivity index (χ3n) is 5.17. The molecular formula is C22H24N4O3. The molecule has 1 unspecified atom stereocenters. The van der Waals surface area contributed by atoms with E-state index in [2.05, 4.69) is 15.0 Å². The zero-order chi connectivity index (χ0) is 20.2. The van der Waals surface area contributed by atoms with Gasteiger partial charge in [-0.1, -0.05) is 12.1 Å². The fraction of sp³-hybridized carbons (Fsp3) is 0.364. The number of amides is 1. The summed E-state index contributed by atoms with van der Waals surface area (Å²) in [7, 11) is 1.65. The molecule has 29 heavy (non-hydrogen) atoms. The summed E-state index contributed by atoms with van der Waals surface area (Å²) in [6, 6.07) is 7.91. The predicted octanol–water partition coefficient (Wildman–Crippen LogP) is 3.39. The van der Waals surface area contributed by atoms with Crippen LogP contribution < -0.4 is 4.74 Å². The maximum atomic E-state index is 12.7. The normalized spacial score (nSPS) is 16.6. The highest BCUT2D eigenvalue weighted by Crippen LogP contribution is 2.28. The van der Waals surface area contributed by atoms with E-state index in [0.717, 1.165) is 35.6 Å². The van der Waals surface area contributed by atoms with Gasteiger partial charge in [0.1, 0.15) is 17.2 Å². The van der Waals surface area contributed by atoms with Crippen LogP contribution in [0, 0.1) is 6.92 Å². The van der Waals surface area contributed by atoms with Gasteiger partial charge in [-0.05, 0) is 37.5 Å². The van der Waals surface area contributed by atoms with Crippen LogP contribution in [-0.4, -0.2) is 46.0 Å². The van der Waals surface area contributed by atoms with Crippen LogP contribution in [0.25, 0.3) is 0 Å². The van der Waals surface area contributed by atoms with Gasteiger partial charge in [0.2, 0.25) is 0 Å². The van der Waals surface area contributed by atoms with E-state index in [4.69, 9.17) is 9.15 Å². The third-order valence-corrected chi connectivity index (χ3v) is 5.17. The second-order valence-corrected chi connectivity index (χ2v) is 7.32. The Balaban J connectivity index is 1.42. The monoisotopic (exact) mass is 392 g/mol. The minimum absolute atomic E-state index is 0.0905. The lowest BCUT2D eigenvalue weighted by atomic mass is 9.98. The number of aromatic nitrogens is 3. The van der Waals surface area contributed by atoms with Gasteiger partial charge in [0.15, 0.2) is 5.89 Å². The predicted molar refractivity (Wildman–Crippen MR) is 107 cm³/mol. The Morgan fingerprint density at radius 2 is 2.00 bits per heavy atom. The Kier molecular flexibility index (Phi) is 5.55. The fourth-order valence-electron chi connectivity index (χ4n) is 3.57. The van der Waals surface area contributed by atoms with Crippen LogP contribution >= 0.6 is 0 Å². The van der Waals surface area contributed by atoms with Crippen molar-refractivity contribution in [3.63, 3.8) is 0 Å². The number of aryl methyl sites for hydroxylation is 1. The van der Waals surface area contributed by atoms with E-state index < -0.39 is 0 Å². The van der Waals surface area contributed by atoms with Gasteiger partial charge in [-0.25, -0.2) is 9.97 Å². The maximum absolute atomic E-state index is 12.7. The Morgan fingerprint density at radius 3 is 2.72 bits per heavy atom. The molecule has 0 saturated carbocycles. The lowest BCUT2D eigenvalue weighted by Crippen LogP contribution is -2.39. The topological polar surface area (TPSA) is 81.4 Å². The van der Waals surface area contributed by atoms with Crippen molar-refractivity contribution in [3.8, 4) is 5.75 Å². The van der Waals surface area contributed by atoms with Crippen LogP contribution in [-0.2, 0) is 6.42 Å². The average Bonchev–Trinajstić information content (AvgIpc) is 3.23. The number of benzene rings is 1. The molecule has 150 valence electrons. The molecule has 0 aliphatic carbocycles. The first kappa shape index (κ1) is 19.1. The summed E-state index contributed by atoms with van der Waals surface area (Å²) in [5.41, 5.74) is 2.30. The average molecular weight is 392 g/mol. The molecule has 7 nitrogen and oxygen atoms in total.